The number of ether oxygens (including phenoxy) is 1. The Labute approximate surface area is 91.0 Å². The molecule has 0 unspecified atom stereocenters. The maximum Gasteiger partial charge on any atom is 0.423 e. The number of rotatable bonds is 2. The molecule has 0 saturated carbocycles. The van der Waals surface area contributed by atoms with Crippen molar-refractivity contribution >= 4 is 5.91 Å². The van der Waals surface area contributed by atoms with Gasteiger partial charge in [-0.1, -0.05) is 0 Å². The van der Waals surface area contributed by atoms with Gasteiger partial charge in [-0.05, 0) is 12.8 Å². The van der Waals surface area contributed by atoms with E-state index < -0.39 is 18.2 Å². The fourth-order valence-corrected chi connectivity index (χ4v) is 1.62. The molecule has 0 bridgehead atoms. The Morgan fingerprint density at radius 3 is 2.31 bits per heavy atom. The summed E-state index contributed by atoms with van der Waals surface area (Å²) >= 11 is 0. The minimum Gasteiger partial charge on any atom is -0.381 e. The lowest BCUT2D eigenvalue weighted by Crippen LogP contribution is -2.49. The molecule has 1 aliphatic rings. The smallest absolute Gasteiger partial charge is 0.381 e. The Morgan fingerprint density at radius 2 is 1.94 bits per heavy atom. The van der Waals surface area contributed by atoms with Crippen LogP contribution in [-0.2, 0) is 9.53 Å². The van der Waals surface area contributed by atoms with Crippen molar-refractivity contribution in [2.45, 2.75) is 31.2 Å². The highest BCUT2D eigenvalue weighted by Crippen LogP contribution is 2.23. The Morgan fingerprint density at radius 1 is 1.44 bits per heavy atom. The maximum absolute atomic E-state index is 12.1. The standard InChI is InChI=1S/C9H14F3NO3/c1-16-6-2-4-13(5-3-6)8(15)7(14)9(10,11)12/h6-7,14H,2-5H2,1H3/t7-/m0/s1. The zero-order chi connectivity index (χ0) is 12.3. The molecular formula is C9H14F3NO3. The van der Waals surface area contributed by atoms with Gasteiger partial charge in [0.2, 0.25) is 6.10 Å². The number of amides is 1. The number of halogens is 3. The number of piperidine rings is 1. The van der Waals surface area contributed by atoms with E-state index in [1.54, 1.807) is 0 Å². The van der Waals surface area contributed by atoms with Crippen LogP contribution in [0.3, 0.4) is 0 Å². The molecule has 7 heteroatoms. The molecule has 1 N–H and O–H groups in total. The van der Waals surface area contributed by atoms with E-state index in [1.807, 2.05) is 0 Å². The van der Waals surface area contributed by atoms with Gasteiger partial charge in [0.1, 0.15) is 0 Å². The second-order valence-corrected chi connectivity index (χ2v) is 3.70. The second-order valence-electron chi connectivity index (χ2n) is 3.70. The van der Waals surface area contributed by atoms with E-state index in [0.717, 1.165) is 4.90 Å². The van der Waals surface area contributed by atoms with Crippen molar-refractivity contribution in [3.8, 4) is 0 Å². The van der Waals surface area contributed by atoms with Gasteiger partial charge < -0.3 is 14.7 Å². The van der Waals surface area contributed by atoms with Gasteiger partial charge in [0.15, 0.2) is 0 Å². The SMILES string of the molecule is COC1CCN(C(=O)[C@H](O)C(F)(F)F)CC1. The van der Waals surface area contributed by atoms with Gasteiger partial charge in [-0.3, -0.25) is 4.79 Å². The molecule has 1 saturated heterocycles. The van der Waals surface area contributed by atoms with Gasteiger partial charge >= 0.3 is 6.18 Å². The molecule has 1 fully saturated rings. The monoisotopic (exact) mass is 241 g/mol. The first kappa shape index (κ1) is 13.2. The minimum atomic E-state index is -4.89. The summed E-state index contributed by atoms with van der Waals surface area (Å²) in [6.07, 6.45) is -6.84. The number of alkyl halides is 3. The lowest BCUT2D eigenvalue weighted by molar-refractivity contribution is -0.211. The molecule has 0 aromatic rings. The summed E-state index contributed by atoms with van der Waals surface area (Å²) < 4.78 is 41.2. The highest BCUT2D eigenvalue weighted by atomic mass is 19.4. The fourth-order valence-electron chi connectivity index (χ4n) is 1.62. The normalized spacial score (nSPS) is 20.9. The number of carbonyl (C=O) groups excluding carboxylic acids is 1. The number of nitrogens with zero attached hydrogens (tertiary/aromatic N) is 1. The molecule has 0 radical (unpaired) electrons. The predicted octanol–water partition coefficient (Wildman–Crippen LogP) is 0.547. The highest BCUT2D eigenvalue weighted by molar-refractivity contribution is 5.81. The lowest BCUT2D eigenvalue weighted by atomic mass is 10.1. The van der Waals surface area contributed by atoms with Crippen LogP contribution in [0.2, 0.25) is 0 Å². The molecule has 1 rings (SSSR count). The molecule has 1 amide bonds. The van der Waals surface area contributed by atoms with Crippen LogP contribution in [0.1, 0.15) is 12.8 Å². The molecule has 0 aliphatic carbocycles. The summed E-state index contributed by atoms with van der Waals surface area (Å²) in [5, 5.41) is 8.78. The number of likely N-dealkylation sites (tertiary alicyclic amines) is 1. The van der Waals surface area contributed by atoms with E-state index in [4.69, 9.17) is 9.84 Å². The minimum absolute atomic E-state index is 0.0212. The Balaban J connectivity index is 2.51. The maximum atomic E-state index is 12.1. The van der Waals surface area contributed by atoms with Crippen LogP contribution in [0, 0.1) is 0 Å². The predicted molar refractivity (Wildman–Crippen MR) is 48.7 cm³/mol. The summed E-state index contributed by atoms with van der Waals surface area (Å²) in [6.45, 7) is 0.370. The van der Waals surface area contributed by atoms with Crippen molar-refractivity contribution in [1.29, 1.82) is 0 Å². The first-order valence-corrected chi connectivity index (χ1v) is 4.92. The van der Waals surface area contributed by atoms with Crippen molar-refractivity contribution in [3.05, 3.63) is 0 Å². The molecule has 0 aromatic heterocycles. The van der Waals surface area contributed by atoms with Gasteiger partial charge in [0, 0.05) is 20.2 Å². The third-order valence-electron chi connectivity index (χ3n) is 2.63. The quantitative estimate of drug-likeness (QED) is 0.768. The second kappa shape index (κ2) is 5.01. The lowest BCUT2D eigenvalue weighted by Gasteiger charge is -2.32. The number of aliphatic hydroxyl groups is 1. The van der Waals surface area contributed by atoms with Gasteiger partial charge in [-0.2, -0.15) is 13.2 Å². The molecule has 0 spiro atoms. The van der Waals surface area contributed by atoms with Gasteiger partial charge in [0.05, 0.1) is 6.10 Å². The van der Waals surface area contributed by atoms with Crippen LogP contribution in [-0.4, -0.2) is 54.5 Å². The number of hydrogen-bond acceptors (Lipinski definition) is 3. The molecule has 1 aliphatic heterocycles. The number of aliphatic hydroxyl groups excluding tert-OH is 1. The first-order valence-electron chi connectivity index (χ1n) is 4.92. The van der Waals surface area contributed by atoms with Crippen molar-refractivity contribution in [2.75, 3.05) is 20.2 Å². The van der Waals surface area contributed by atoms with Gasteiger partial charge in [-0.15, -0.1) is 0 Å². The van der Waals surface area contributed by atoms with E-state index in [0.29, 0.717) is 12.8 Å². The molecule has 4 nitrogen and oxygen atoms in total. The van der Waals surface area contributed by atoms with Gasteiger partial charge in [0.25, 0.3) is 5.91 Å². The van der Waals surface area contributed by atoms with Crippen LogP contribution < -0.4 is 0 Å². The van der Waals surface area contributed by atoms with E-state index in [1.165, 1.54) is 7.11 Å². The Hall–Kier alpha value is -0.820. The molecule has 94 valence electrons. The van der Waals surface area contributed by atoms with E-state index in [9.17, 15) is 18.0 Å². The van der Waals surface area contributed by atoms with E-state index in [2.05, 4.69) is 0 Å². The van der Waals surface area contributed by atoms with Crippen molar-refractivity contribution < 1.29 is 27.8 Å². The van der Waals surface area contributed by atoms with Crippen molar-refractivity contribution in [1.82, 2.24) is 4.90 Å². The zero-order valence-electron chi connectivity index (χ0n) is 8.83. The third kappa shape index (κ3) is 3.08. The third-order valence-corrected chi connectivity index (χ3v) is 2.63. The largest absolute Gasteiger partial charge is 0.423 e. The molecule has 1 atom stereocenters. The van der Waals surface area contributed by atoms with Crippen molar-refractivity contribution in [2.24, 2.45) is 0 Å². The number of methoxy groups -OCH3 is 1. The summed E-state index contributed by atoms with van der Waals surface area (Å²) in [5.74, 6) is -1.28. The summed E-state index contributed by atoms with van der Waals surface area (Å²) in [6, 6.07) is 0. The summed E-state index contributed by atoms with van der Waals surface area (Å²) in [7, 11) is 1.52. The van der Waals surface area contributed by atoms with Crippen LogP contribution in [0.5, 0.6) is 0 Å². The zero-order valence-corrected chi connectivity index (χ0v) is 8.83. The van der Waals surface area contributed by atoms with Crippen LogP contribution >= 0.6 is 0 Å². The Bertz CT molecular complexity index is 249. The van der Waals surface area contributed by atoms with E-state index >= 15 is 0 Å². The average Bonchev–Trinajstić information content (AvgIpc) is 2.26. The number of hydrogen-bond donors (Lipinski definition) is 1. The van der Waals surface area contributed by atoms with E-state index in [-0.39, 0.29) is 19.2 Å². The van der Waals surface area contributed by atoms with Crippen LogP contribution in [0.4, 0.5) is 13.2 Å². The summed E-state index contributed by atoms with van der Waals surface area (Å²) in [4.78, 5) is 12.3. The van der Waals surface area contributed by atoms with Gasteiger partial charge in [-0.25, -0.2) is 0 Å². The highest BCUT2D eigenvalue weighted by Gasteiger charge is 2.45. The molecule has 16 heavy (non-hydrogen) atoms. The summed E-state index contributed by atoms with van der Waals surface area (Å²) in [5.41, 5.74) is 0. The average molecular weight is 241 g/mol. The van der Waals surface area contributed by atoms with Crippen molar-refractivity contribution in [3.63, 3.8) is 0 Å². The number of carbonyl (C=O) groups is 1. The molecule has 1 heterocycles. The molecule has 0 aromatic carbocycles. The Kier molecular flexibility index (Phi) is 4.15. The fraction of sp³-hybridized carbons (Fsp3) is 0.889. The van der Waals surface area contributed by atoms with Crippen LogP contribution in [0.15, 0.2) is 0 Å². The first-order chi connectivity index (χ1) is 7.36. The molecular weight excluding hydrogens is 227 g/mol. The van der Waals surface area contributed by atoms with Crippen LogP contribution in [0.25, 0.3) is 0 Å². The topological polar surface area (TPSA) is 49.8 Å².